The van der Waals surface area contributed by atoms with Crippen LogP contribution in [0.5, 0.6) is 0 Å². The van der Waals surface area contributed by atoms with Gasteiger partial charge >= 0.3 is 0 Å². The number of thiocarbonyl (C=S) groups is 1. The van der Waals surface area contributed by atoms with Gasteiger partial charge in [0.1, 0.15) is 5.82 Å². The van der Waals surface area contributed by atoms with Crippen molar-refractivity contribution in [2.24, 2.45) is 0 Å². The second kappa shape index (κ2) is 7.95. The molecule has 29 heavy (non-hydrogen) atoms. The van der Waals surface area contributed by atoms with Crippen molar-refractivity contribution in [3.8, 4) is 5.82 Å². The first-order valence-electron chi connectivity index (χ1n) is 10.1. The lowest BCUT2D eigenvalue weighted by Gasteiger charge is -2.27. The van der Waals surface area contributed by atoms with E-state index in [0.717, 1.165) is 35.2 Å². The molecule has 6 heteroatoms. The maximum atomic E-state index is 5.73. The molecule has 1 fully saturated rings. The molecule has 3 aromatic rings. The van der Waals surface area contributed by atoms with Crippen molar-refractivity contribution in [3.63, 3.8) is 0 Å². The van der Waals surface area contributed by atoms with E-state index in [4.69, 9.17) is 12.2 Å². The van der Waals surface area contributed by atoms with Crippen molar-refractivity contribution >= 4 is 17.3 Å². The van der Waals surface area contributed by atoms with Crippen LogP contribution in [-0.2, 0) is 0 Å². The van der Waals surface area contributed by atoms with Crippen molar-refractivity contribution in [3.05, 3.63) is 77.0 Å². The number of nitrogens with one attached hydrogen (secondary N) is 1. The molecule has 4 heterocycles. The third-order valence-corrected chi connectivity index (χ3v) is 6.00. The summed E-state index contributed by atoms with van der Waals surface area (Å²) in [5, 5.41) is 4.33. The van der Waals surface area contributed by atoms with E-state index in [1.807, 2.05) is 30.6 Å². The van der Waals surface area contributed by atoms with Crippen molar-refractivity contribution in [1.29, 1.82) is 0 Å². The van der Waals surface area contributed by atoms with Crippen LogP contribution in [0.1, 0.15) is 53.6 Å². The molecule has 0 bridgehead atoms. The summed E-state index contributed by atoms with van der Waals surface area (Å²) in [7, 11) is 0. The molecule has 150 valence electrons. The number of pyridine rings is 2. The van der Waals surface area contributed by atoms with Gasteiger partial charge in [-0.3, -0.25) is 4.98 Å². The van der Waals surface area contributed by atoms with Crippen LogP contribution in [-0.4, -0.2) is 31.1 Å². The second-order valence-electron chi connectivity index (χ2n) is 7.63. The Morgan fingerprint density at radius 2 is 1.86 bits per heavy atom. The van der Waals surface area contributed by atoms with Crippen LogP contribution >= 0.6 is 12.2 Å². The van der Waals surface area contributed by atoms with Crippen molar-refractivity contribution in [2.45, 2.75) is 46.2 Å². The quantitative estimate of drug-likeness (QED) is 0.630. The first kappa shape index (κ1) is 19.6. The Morgan fingerprint density at radius 3 is 2.55 bits per heavy atom. The summed E-state index contributed by atoms with van der Waals surface area (Å²) >= 11 is 5.73. The van der Waals surface area contributed by atoms with E-state index < -0.39 is 0 Å². The Kier molecular flexibility index (Phi) is 5.37. The molecule has 1 aliphatic rings. The predicted octanol–water partition coefficient (Wildman–Crippen LogP) is 4.58. The monoisotopic (exact) mass is 405 g/mol. The number of aryl methyl sites for hydroxylation is 2. The zero-order valence-electron chi connectivity index (χ0n) is 17.4. The fourth-order valence-corrected chi connectivity index (χ4v) is 4.68. The van der Waals surface area contributed by atoms with Gasteiger partial charge in [0.05, 0.1) is 17.8 Å². The van der Waals surface area contributed by atoms with E-state index >= 15 is 0 Å². The first-order valence-corrected chi connectivity index (χ1v) is 10.5. The molecule has 0 radical (unpaired) electrons. The lowest BCUT2D eigenvalue weighted by Crippen LogP contribution is -2.30. The molecule has 3 aromatic heterocycles. The normalized spacial score (nSPS) is 18.9. The van der Waals surface area contributed by atoms with Crippen LogP contribution in [0.25, 0.3) is 5.82 Å². The van der Waals surface area contributed by atoms with Gasteiger partial charge < -0.3 is 14.8 Å². The van der Waals surface area contributed by atoms with E-state index in [2.05, 4.69) is 70.6 Å². The molecule has 0 saturated carbocycles. The van der Waals surface area contributed by atoms with E-state index in [0.29, 0.717) is 0 Å². The summed E-state index contributed by atoms with van der Waals surface area (Å²) in [6.07, 6.45) is 4.73. The first-order chi connectivity index (χ1) is 14.0. The highest BCUT2D eigenvalue weighted by Crippen LogP contribution is 2.41. The molecule has 0 spiro atoms. The molecule has 1 aliphatic heterocycles. The van der Waals surface area contributed by atoms with Crippen molar-refractivity contribution < 1.29 is 0 Å². The lowest BCUT2D eigenvalue weighted by molar-refractivity contribution is 0.316. The van der Waals surface area contributed by atoms with Crippen molar-refractivity contribution in [1.82, 2.24) is 24.8 Å². The molecule has 4 rings (SSSR count). The predicted molar refractivity (Wildman–Crippen MR) is 120 cm³/mol. The standard InChI is InChI=1S/C23H27N5S/c1-5-13-27-21(20(26-23(27)29)19-10-6-7-11-24-19)18-14-16(3)28(17(18)4)22-15(2)9-8-12-25-22/h6-12,14,20-21H,5,13H2,1-4H3,(H,26,29)/t20-,21-/m0/s1. The molecular weight excluding hydrogens is 378 g/mol. The topological polar surface area (TPSA) is 46.0 Å². The highest BCUT2D eigenvalue weighted by Gasteiger charge is 2.41. The van der Waals surface area contributed by atoms with Crippen molar-refractivity contribution in [2.75, 3.05) is 6.54 Å². The zero-order valence-corrected chi connectivity index (χ0v) is 18.2. The lowest BCUT2D eigenvalue weighted by atomic mass is 9.96. The average molecular weight is 406 g/mol. The number of hydrogen-bond acceptors (Lipinski definition) is 3. The van der Waals surface area contributed by atoms with Gasteiger partial charge in [-0.1, -0.05) is 19.1 Å². The zero-order chi connectivity index (χ0) is 20.5. The highest BCUT2D eigenvalue weighted by atomic mass is 32.1. The minimum Gasteiger partial charge on any atom is -0.352 e. The van der Waals surface area contributed by atoms with Gasteiger partial charge in [-0.2, -0.15) is 0 Å². The van der Waals surface area contributed by atoms with Gasteiger partial charge in [-0.25, -0.2) is 4.98 Å². The third kappa shape index (κ3) is 3.42. The minimum absolute atomic E-state index is 0.0222. The van der Waals surface area contributed by atoms with Crippen LogP contribution in [0.3, 0.4) is 0 Å². The Hall–Kier alpha value is -2.73. The number of nitrogens with zero attached hydrogens (tertiary/aromatic N) is 4. The average Bonchev–Trinajstić information content (AvgIpc) is 3.19. The second-order valence-corrected chi connectivity index (χ2v) is 8.01. The summed E-state index contributed by atoms with van der Waals surface area (Å²) < 4.78 is 2.26. The van der Waals surface area contributed by atoms with Gasteiger partial charge in [0.2, 0.25) is 0 Å². The molecule has 5 nitrogen and oxygen atoms in total. The molecular formula is C23H27N5S. The number of aromatic nitrogens is 3. The summed E-state index contributed by atoms with van der Waals surface area (Å²) in [5.41, 5.74) is 5.81. The summed E-state index contributed by atoms with van der Waals surface area (Å²) in [6.45, 7) is 9.52. The Balaban J connectivity index is 1.85. The van der Waals surface area contributed by atoms with E-state index in [1.165, 1.54) is 17.0 Å². The minimum atomic E-state index is 0.0222. The largest absolute Gasteiger partial charge is 0.352 e. The molecule has 1 N–H and O–H groups in total. The third-order valence-electron chi connectivity index (χ3n) is 5.64. The van der Waals surface area contributed by atoms with Crippen LogP contribution in [0.4, 0.5) is 0 Å². The molecule has 2 atom stereocenters. The van der Waals surface area contributed by atoms with E-state index in [-0.39, 0.29) is 12.1 Å². The fourth-order valence-electron chi connectivity index (χ4n) is 4.35. The summed E-state index contributed by atoms with van der Waals surface area (Å²) in [5.74, 6) is 0.985. The van der Waals surface area contributed by atoms with Crippen LogP contribution in [0.2, 0.25) is 0 Å². The Morgan fingerprint density at radius 1 is 1.07 bits per heavy atom. The van der Waals surface area contributed by atoms with Gasteiger partial charge in [0.15, 0.2) is 5.11 Å². The smallest absolute Gasteiger partial charge is 0.170 e. The summed E-state index contributed by atoms with van der Waals surface area (Å²) in [6, 6.07) is 12.5. The molecule has 0 unspecified atom stereocenters. The van der Waals surface area contributed by atoms with Crippen LogP contribution in [0.15, 0.2) is 48.8 Å². The van der Waals surface area contributed by atoms with E-state index in [9.17, 15) is 0 Å². The van der Waals surface area contributed by atoms with Gasteiger partial charge in [-0.15, -0.1) is 0 Å². The highest BCUT2D eigenvalue weighted by molar-refractivity contribution is 7.80. The Bertz CT molecular complexity index is 1030. The maximum absolute atomic E-state index is 5.73. The Labute approximate surface area is 177 Å². The molecule has 0 aliphatic carbocycles. The van der Waals surface area contributed by atoms with Gasteiger partial charge in [0.25, 0.3) is 0 Å². The van der Waals surface area contributed by atoms with Gasteiger partial charge in [0, 0.05) is 30.3 Å². The van der Waals surface area contributed by atoms with Gasteiger partial charge in [-0.05, 0) is 74.8 Å². The molecule has 0 amide bonds. The van der Waals surface area contributed by atoms with Crippen LogP contribution < -0.4 is 5.32 Å². The summed E-state index contributed by atoms with van der Waals surface area (Å²) in [4.78, 5) is 11.6. The van der Waals surface area contributed by atoms with Crippen LogP contribution in [0, 0.1) is 20.8 Å². The maximum Gasteiger partial charge on any atom is 0.170 e. The fraction of sp³-hybridized carbons (Fsp3) is 0.348. The number of hydrogen-bond donors (Lipinski definition) is 1. The SMILES string of the molecule is CCCN1C(=S)N[C@@H](c2ccccn2)[C@@H]1c1cc(C)n(-c2ncccc2C)c1C. The van der Waals surface area contributed by atoms with E-state index in [1.54, 1.807) is 0 Å². The number of rotatable bonds is 5. The molecule has 0 aromatic carbocycles. The molecule has 1 saturated heterocycles.